The van der Waals surface area contributed by atoms with Gasteiger partial charge in [0.05, 0.1) is 24.4 Å². The lowest BCUT2D eigenvalue weighted by Gasteiger charge is -2.25. The van der Waals surface area contributed by atoms with Crippen molar-refractivity contribution >= 4 is 28.9 Å². The summed E-state index contributed by atoms with van der Waals surface area (Å²) in [5.74, 6) is 0.306. The van der Waals surface area contributed by atoms with E-state index < -0.39 is 0 Å². The number of nitrogens with one attached hydrogen (secondary N) is 1. The fourth-order valence-corrected chi connectivity index (χ4v) is 4.13. The fourth-order valence-electron chi connectivity index (χ4n) is 4.13. The average molecular weight is 405 g/mol. The van der Waals surface area contributed by atoms with Crippen LogP contribution in [0.3, 0.4) is 0 Å². The number of rotatable bonds is 5. The first-order chi connectivity index (χ1) is 14.5. The normalized spacial score (nSPS) is 17.7. The summed E-state index contributed by atoms with van der Waals surface area (Å²) in [6.45, 7) is 4.42. The maximum absolute atomic E-state index is 13.3. The second kappa shape index (κ2) is 8.30. The molecule has 1 heterocycles. The molecule has 2 aromatic rings. The van der Waals surface area contributed by atoms with Crippen LogP contribution in [0.25, 0.3) is 0 Å². The molecule has 1 unspecified atom stereocenters. The maximum Gasteiger partial charge on any atom is 0.240 e. The molecule has 156 valence electrons. The number of hydrogen-bond donors (Lipinski definition) is 1. The Hall–Kier alpha value is -3.15. The molecule has 30 heavy (non-hydrogen) atoms. The van der Waals surface area contributed by atoms with Crippen LogP contribution in [0.15, 0.2) is 41.4 Å². The zero-order valence-electron chi connectivity index (χ0n) is 17.7. The van der Waals surface area contributed by atoms with Crippen LogP contribution in [0.5, 0.6) is 5.75 Å². The van der Waals surface area contributed by atoms with E-state index in [2.05, 4.69) is 5.32 Å². The molecule has 0 spiro atoms. The van der Waals surface area contributed by atoms with E-state index in [1.165, 1.54) is 0 Å². The smallest absolute Gasteiger partial charge is 0.240 e. The van der Waals surface area contributed by atoms with Gasteiger partial charge in [0.25, 0.3) is 0 Å². The molecule has 2 aliphatic rings. The van der Waals surface area contributed by atoms with Crippen LogP contribution in [0.2, 0.25) is 0 Å². The monoisotopic (exact) mass is 405 g/mol. The number of benzene rings is 2. The van der Waals surface area contributed by atoms with Crippen LogP contribution in [0, 0.1) is 19.8 Å². The Morgan fingerprint density at radius 3 is 2.83 bits per heavy atom. The SMILES string of the molecule is COc1cccc(CNC(=O)CN2C(=O)C3CCCC3=Nc3cc(C)c(C)cc32)c1. The van der Waals surface area contributed by atoms with Crippen molar-refractivity contribution < 1.29 is 14.3 Å². The summed E-state index contributed by atoms with van der Waals surface area (Å²) in [7, 11) is 1.61. The summed E-state index contributed by atoms with van der Waals surface area (Å²) < 4.78 is 5.23. The van der Waals surface area contributed by atoms with Crippen molar-refractivity contribution in [1.82, 2.24) is 5.32 Å². The van der Waals surface area contributed by atoms with Crippen LogP contribution >= 0.6 is 0 Å². The van der Waals surface area contributed by atoms with Crippen LogP contribution in [0.4, 0.5) is 11.4 Å². The van der Waals surface area contributed by atoms with Gasteiger partial charge >= 0.3 is 0 Å². The van der Waals surface area contributed by atoms with Crippen molar-refractivity contribution in [2.24, 2.45) is 10.9 Å². The number of amides is 2. The molecule has 1 aliphatic carbocycles. The highest BCUT2D eigenvalue weighted by Crippen LogP contribution is 2.39. The molecule has 1 saturated carbocycles. The predicted molar refractivity (Wildman–Crippen MR) is 118 cm³/mol. The molecule has 0 radical (unpaired) electrons. The summed E-state index contributed by atoms with van der Waals surface area (Å²) >= 11 is 0. The second-order valence-electron chi connectivity index (χ2n) is 8.03. The number of carbonyl (C=O) groups excluding carboxylic acids is 2. The van der Waals surface area contributed by atoms with Gasteiger partial charge in [0.2, 0.25) is 11.8 Å². The van der Waals surface area contributed by atoms with Crippen molar-refractivity contribution in [3.63, 3.8) is 0 Å². The Kier molecular flexibility index (Phi) is 5.57. The minimum absolute atomic E-state index is 0.0163. The zero-order chi connectivity index (χ0) is 21.3. The van der Waals surface area contributed by atoms with E-state index in [0.29, 0.717) is 6.54 Å². The molecular formula is C24H27N3O3. The number of fused-ring (bicyclic) bond motifs is 2. The van der Waals surface area contributed by atoms with Gasteiger partial charge in [0.1, 0.15) is 12.3 Å². The van der Waals surface area contributed by atoms with Gasteiger partial charge in [-0.25, -0.2) is 0 Å². The van der Waals surface area contributed by atoms with Gasteiger partial charge < -0.3 is 15.0 Å². The van der Waals surface area contributed by atoms with Crippen LogP contribution in [-0.4, -0.2) is 31.2 Å². The Labute approximate surface area is 176 Å². The minimum Gasteiger partial charge on any atom is -0.497 e. The lowest BCUT2D eigenvalue weighted by atomic mass is 10.0. The van der Waals surface area contributed by atoms with Gasteiger partial charge in [-0.1, -0.05) is 12.1 Å². The Morgan fingerprint density at radius 2 is 2.03 bits per heavy atom. The molecule has 2 amide bonds. The first-order valence-corrected chi connectivity index (χ1v) is 10.4. The molecular weight excluding hydrogens is 378 g/mol. The maximum atomic E-state index is 13.3. The number of methoxy groups -OCH3 is 1. The number of carbonyl (C=O) groups is 2. The van der Waals surface area contributed by atoms with Gasteiger partial charge in [-0.15, -0.1) is 0 Å². The molecule has 0 bridgehead atoms. The number of nitrogens with zero attached hydrogens (tertiary/aromatic N) is 2. The molecule has 1 fully saturated rings. The van der Waals surface area contributed by atoms with Crippen LogP contribution < -0.4 is 15.0 Å². The summed E-state index contributed by atoms with van der Waals surface area (Å²) in [6, 6.07) is 11.6. The second-order valence-corrected chi connectivity index (χ2v) is 8.03. The number of ether oxygens (including phenoxy) is 1. The van der Waals surface area contributed by atoms with Gasteiger partial charge in [-0.05, 0) is 74.1 Å². The van der Waals surface area contributed by atoms with Gasteiger partial charge in [0, 0.05) is 12.3 Å². The van der Waals surface area contributed by atoms with Gasteiger partial charge in [-0.2, -0.15) is 0 Å². The summed E-state index contributed by atoms with van der Waals surface area (Å²) in [4.78, 5) is 32.6. The number of anilines is 1. The van der Waals surface area contributed by atoms with Crippen LogP contribution in [-0.2, 0) is 16.1 Å². The van der Waals surface area contributed by atoms with Crippen molar-refractivity contribution in [3.8, 4) is 5.75 Å². The summed E-state index contributed by atoms with van der Waals surface area (Å²) in [5, 5.41) is 2.93. The molecule has 4 rings (SSSR count). The molecule has 0 aromatic heterocycles. The topological polar surface area (TPSA) is 71.0 Å². The fraction of sp³-hybridized carbons (Fsp3) is 0.375. The van der Waals surface area contributed by atoms with E-state index in [0.717, 1.165) is 58.8 Å². The van der Waals surface area contributed by atoms with E-state index in [1.807, 2.05) is 50.2 Å². The first kappa shape index (κ1) is 20.1. The summed E-state index contributed by atoms with van der Waals surface area (Å²) in [5.41, 5.74) is 5.61. The molecule has 6 heteroatoms. The highest BCUT2D eigenvalue weighted by atomic mass is 16.5. The zero-order valence-corrected chi connectivity index (χ0v) is 17.7. The number of aryl methyl sites for hydroxylation is 2. The van der Waals surface area contributed by atoms with E-state index in [4.69, 9.17) is 9.73 Å². The Morgan fingerprint density at radius 1 is 1.23 bits per heavy atom. The third-order valence-electron chi connectivity index (χ3n) is 5.96. The Balaban J connectivity index is 1.56. The molecule has 2 aromatic carbocycles. The van der Waals surface area contributed by atoms with Crippen molar-refractivity contribution in [1.29, 1.82) is 0 Å². The van der Waals surface area contributed by atoms with Gasteiger partial charge in [-0.3, -0.25) is 14.6 Å². The van der Waals surface area contributed by atoms with E-state index in [9.17, 15) is 9.59 Å². The lowest BCUT2D eigenvalue weighted by Crippen LogP contribution is -2.43. The standard InChI is InChI=1S/C24H27N3O3/c1-15-10-21-22(11-16(15)2)27(24(29)19-8-5-9-20(19)26-21)14-23(28)25-13-17-6-4-7-18(12-17)30-3/h4,6-7,10-12,19H,5,8-9,13-14H2,1-3H3,(H,25,28). The average Bonchev–Trinajstić information content (AvgIpc) is 3.17. The van der Waals surface area contributed by atoms with E-state index in [1.54, 1.807) is 12.0 Å². The van der Waals surface area contributed by atoms with Crippen LogP contribution in [0.1, 0.15) is 36.0 Å². The third-order valence-corrected chi connectivity index (χ3v) is 5.96. The highest BCUT2D eigenvalue weighted by Gasteiger charge is 2.37. The number of aliphatic imine (C=N–C) groups is 1. The van der Waals surface area contributed by atoms with Crippen molar-refractivity contribution in [2.75, 3.05) is 18.6 Å². The predicted octanol–water partition coefficient (Wildman–Crippen LogP) is 3.85. The molecule has 1 aliphatic heterocycles. The lowest BCUT2D eigenvalue weighted by molar-refractivity contribution is -0.124. The van der Waals surface area contributed by atoms with Crippen molar-refractivity contribution in [2.45, 2.75) is 39.7 Å². The largest absolute Gasteiger partial charge is 0.497 e. The quantitative estimate of drug-likeness (QED) is 0.821. The minimum atomic E-state index is -0.218. The Bertz CT molecular complexity index is 1030. The molecule has 0 saturated heterocycles. The van der Waals surface area contributed by atoms with Gasteiger partial charge in [0.15, 0.2) is 0 Å². The molecule has 6 nitrogen and oxygen atoms in total. The molecule has 1 atom stereocenters. The first-order valence-electron chi connectivity index (χ1n) is 10.4. The van der Waals surface area contributed by atoms with E-state index in [-0.39, 0.29) is 24.3 Å². The number of hydrogen-bond acceptors (Lipinski definition) is 4. The highest BCUT2D eigenvalue weighted by molar-refractivity contribution is 6.16. The third kappa shape index (κ3) is 3.95. The van der Waals surface area contributed by atoms with Crippen molar-refractivity contribution in [3.05, 3.63) is 53.1 Å². The van der Waals surface area contributed by atoms with E-state index >= 15 is 0 Å². The summed E-state index contributed by atoms with van der Waals surface area (Å²) in [6.07, 6.45) is 2.61. The molecule has 1 N–H and O–H groups in total.